The molecule has 0 fully saturated rings. The lowest BCUT2D eigenvalue weighted by atomic mass is 9.80. The van der Waals surface area contributed by atoms with Crippen molar-refractivity contribution in [3.63, 3.8) is 0 Å². The molecule has 21 heteroatoms. The first-order valence-corrected chi connectivity index (χ1v) is 8.02. The van der Waals surface area contributed by atoms with Gasteiger partial charge in [-0.2, -0.15) is 79.0 Å². The van der Waals surface area contributed by atoms with Crippen LogP contribution in [-0.2, 0) is 16.9 Å². The monoisotopic (exact) mass is 578 g/mol. The highest BCUT2D eigenvalue weighted by atomic mass is 19.4. The van der Waals surface area contributed by atoms with Gasteiger partial charge in [0, 0.05) is 16.7 Å². The fraction of sp³-hybridized carbons (Fsp3) is 0.600. The van der Waals surface area contributed by atoms with Gasteiger partial charge in [-0.05, 0) is 18.2 Å². The Kier molecular flexibility index (Phi) is 7.21. The van der Waals surface area contributed by atoms with Gasteiger partial charge in [0.2, 0.25) is 0 Å². The van der Waals surface area contributed by atoms with E-state index in [9.17, 15) is 83.4 Å². The predicted octanol–water partition coefficient (Wildman–Crippen LogP) is 6.60. The maximum Gasteiger partial charge on any atom is 0.435 e. The molecule has 0 spiro atoms. The Morgan fingerprint density at radius 1 is 0.333 bits per heavy atom. The van der Waals surface area contributed by atoms with Crippen LogP contribution >= 0.6 is 0 Å². The lowest BCUT2D eigenvalue weighted by molar-refractivity contribution is -0.378. The van der Waals surface area contributed by atoms with Crippen LogP contribution in [0, 0.1) is 0 Å². The van der Waals surface area contributed by atoms with Crippen LogP contribution in [0.1, 0.15) is 16.7 Å². The summed E-state index contributed by atoms with van der Waals surface area (Å²) in [5, 5.41) is 18.3. The summed E-state index contributed by atoms with van der Waals surface area (Å²) in [7, 11) is 0. The summed E-state index contributed by atoms with van der Waals surface area (Å²) >= 11 is 0. The van der Waals surface area contributed by atoms with Gasteiger partial charge in [0.15, 0.2) is 0 Å². The van der Waals surface area contributed by atoms with E-state index >= 15 is 0 Å². The second-order valence-electron chi connectivity index (χ2n) is 6.86. The van der Waals surface area contributed by atoms with Crippen LogP contribution < -0.4 is 0 Å². The third-order valence-corrected chi connectivity index (χ3v) is 4.59. The Labute approximate surface area is 183 Å². The fourth-order valence-corrected chi connectivity index (χ4v) is 2.71. The Balaban J connectivity index is 4.55. The highest BCUT2D eigenvalue weighted by Gasteiger charge is 2.77. The number of aliphatic hydroxyl groups is 2. The number of halogens is 19. The van der Waals surface area contributed by atoms with Crippen molar-refractivity contribution < 1.29 is 93.6 Å². The van der Waals surface area contributed by atoms with Gasteiger partial charge in [-0.15, -0.1) is 0 Å². The van der Waals surface area contributed by atoms with Gasteiger partial charge in [-0.3, -0.25) is 0 Å². The summed E-state index contributed by atoms with van der Waals surface area (Å²) in [6.07, 6.45) is -44.2. The van der Waals surface area contributed by atoms with Gasteiger partial charge in [0.05, 0.1) is 0 Å². The molecule has 1 aromatic rings. The van der Waals surface area contributed by atoms with Gasteiger partial charge >= 0.3 is 42.7 Å². The highest BCUT2D eigenvalue weighted by molar-refractivity contribution is 5.43. The summed E-state index contributed by atoms with van der Waals surface area (Å²) in [4.78, 5) is 0. The van der Waals surface area contributed by atoms with Crippen LogP contribution in [0.25, 0.3) is 0 Å². The molecule has 0 radical (unpaired) electrons. The molecule has 0 amide bonds. The third-order valence-electron chi connectivity index (χ3n) is 4.59. The SMILES string of the molecule is OC(c1cc(C(O)(C(F)(F)F)C(F)(F)F)cc(C(F)(C(F)(F)F)C(F)(F)F)c1)(C(F)(F)F)C(F)(F)F. The molecule has 0 aliphatic rings. The number of hydrogen-bond donors (Lipinski definition) is 2. The molecule has 1 rings (SSSR count). The van der Waals surface area contributed by atoms with E-state index in [1.807, 2.05) is 0 Å². The molecule has 0 atom stereocenters. The Morgan fingerprint density at radius 2 is 0.528 bits per heavy atom. The van der Waals surface area contributed by atoms with E-state index in [1.165, 1.54) is 0 Å². The van der Waals surface area contributed by atoms with Crippen molar-refractivity contribution in [2.75, 3.05) is 0 Å². The summed E-state index contributed by atoms with van der Waals surface area (Å²) in [5.74, 6) is 0. The molecule has 0 bridgehead atoms. The average Bonchev–Trinajstić information content (AvgIpc) is 2.59. The molecule has 36 heavy (non-hydrogen) atoms. The van der Waals surface area contributed by atoms with E-state index in [4.69, 9.17) is 10.2 Å². The number of hydrogen-bond acceptors (Lipinski definition) is 2. The van der Waals surface area contributed by atoms with Crippen LogP contribution in [0.15, 0.2) is 18.2 Å². The minimum absolute atomic E-state index is 1.67. The first-order chi connectivity index (χ1) is 15.3. The van der Waals surface area contributed by atoms with Crippen molar-refractivity contribution in [1.29, 1.82) is 0 Å². The van der Waals surface area contributed by atoms with E-state index in [0.717, 1.165) is 0 Å². The fourth-order valence-electron chi connectivity index (χ4n) is 2.71. The van der Waals surface area contributed by atoms with Crippen LogP contribution in [0.2, 0.25) is 0 Å². The van der Waals surface area contributed by atoms with E-state index in [2.05, 4.69) is 0 Å². The molecule has 0 aliphatic carbocycles. The summed E-state index contributed by atoms with van der Waals surface area (Å²) < 4.78 is 249. The van der Waals surface area contributed by atoms with Crippen LogP contribution in [0.4, 0.5) is 83.4 Å². The van der Waals surface area contributed by atoms with Crippen molar-refractivity contribution >= 4 is 0 Å². The van der Waals surface area contributed by atoms with Crippen LogP contribution in [0.3, 0.4) is 0 Å². The average molecular weight is 578 g/mol. The summed E-state index contributed by atoms with van der Waals surface area (Å²) in [6.45, 7) is 0. The van der Waals surface area contributed by atoms with Gasteiger partial charge < -0.3 is 10.2 Å². The van der Waals surface area contributed by atoms with E-state index in [0.29, 0.717) is 0 Å². The normalized spacial score (nSPS) is 15.9. The Bertz CT molecular complexity index is 778. The third kappa shape index (κ3) is 4.51. The quantitative estimate of drug-likeness (QED) is 0.397. The summed E-state index contributed by atoms with van der Waals surface area (Å²) in [5.41, 5.74) is -31.7. The molecule has 0 heterocycles. The molecule has 1 aromatic carbocycles. The molecular formula is C15H5F19O2. The smallest absolute Gasteiger partial charge is 0.369 e. The van der Waals surface area contributed by atoms with Gasteiger partial charge in [-0.1, -0.05) is 0 Å². The lowest BCUT2D eigenvalue weighted by Crippen LogP contribution is -2.56. The molecule has 210 valence electrons. The van der Waals surface area contributed by atoms with Crippen molar-refractivity contribution in [3.05, 3.63) is 34.9 Å². The molecule has 2 nitrogen and oxygen atoms in total. The van der Waals surface area contributed by atoms with Crippen molar-refractivity contribution in [3.8, 4) is 0 Å². The molecule has 0 saturated carbocycles. The lowest BCUT2D eigenvalue weighted by Gasteiger charge is -2.38. The maximum absolute atomic E-state index is 14.3. The largest absolute Gasteiger partial charge is 0.435 e. The Morgan fingerprint density at radius 3 is 0.694 bits per heavy atom. The van der Waals surface area contributed by atoms with Crippen LogP contribution in [0.5, 0.6) is 0 Å². The molecular weight excluding hydrogens is 573 g/mol. The standard InChI is InChI=1S/C15H5F19O2/c16-7(10(17,18)19,11(20,21)22)4-1-5(8(35,12(23,24)25)13(26,27)28)3-6(2-4)9(36,14(29,30)31)15(32,33)34/h1-3,35-36H. The Hall–Kier alpha value is -2.19. The zero-order valence-electron chi connectivity index (χ0n) is 15.8. The van der Waals surface area contributed by atoms with E-state index < -0.39 is 88.8 Å². The number of rotatable bonds is 3. The zero-order chi connectivity index (χ0) is 29.4. The van der Waals surface area contributed by atoms with E-state index in [-0.39, 0.29) is 0 Å². The first kappa shape index (κ1) is 31.8. The predicted molar refractivity (Wildman–Crippen MR) is 73.4 cm³/mol. The molecule has 0 saturated heterocycles. The molecule has 0 aromatic heterocycles. The summed E-state index contributed by atoms with van der Waals surface area (Å²) in [6, 6.07) is -5.14. The maximum atomic E-state index is 14.3. The first-order valence-electron chi connectivity index (χ1n) is 8.02. The van der Waals surface area contributed by atoms with Crippen molar-refractivity contribution in [2.45, 2.75) is 53.9 Å². The topological polar surface area (TPSA) is 40.5 Å². The van der Waals surface area contributed by atoms with Crippen LogP contribution in [-0.4, -0.2) is 47.3 Å². The molecule has 0 unspecified atom stereocenters. The number of benzene rings is 1. The van der Waals surface area contributed by atoms with Gasteiger partial charge in [0.1, 0.15) is 0 Å². The molecule has 2 N–H and O–H groups in total. The van der Waals surface area contributed by atoms with Gasteiger partial charge in [-0.25, -0.2) is 4.39 Å². The number of alkyl halides is 19. The second-order valence-corrected chi connectivity index (χ2v) is 6.86. The highest BCUT2D eigenvalue weighted by Crippen LogP contribution is 2.58. The second kappa shape index (κ2) is 8.15. The minimum atomic E-state index is -7.48. The molecule has 0 aliphatic heterocycles. The van der Waals surface area contributed by atoms with Gasteiger partial charge in [0.25, 0.3) is 11.2 Å². The van der Waals surface area contributed by atoms with Crippen molar-refractivity contribution in [1.82, 2.24) is 0 Å². The zero-order valence-corrected chi connectivity index (χ0v) is 15.8. The van der Waals surface area contributed by atoms with Crippen molar-refractivity contribution in [2.24, 2.45) is 0 Å². The van der Waals surface area contributed by atoms with E-state index in [1.54, 1.807) is 0 Å². The minimum Gasteiger partial charge on any atom is -0.369 e.